The fourth-order valence-electron chi connectivity index (χ4n) is 2.26. The molecule has 2 heterocycles. The van der Waals surface area contributed by atoms with E-state index in [-0.39, 0.29) is 0 Å². The Bertz CT molecular complexity index is 803. The lowest BCUT2D eigenvalue weighted by Gasteiger charge is -2.25. The maximum atomic E-state index is 6.11. The molecule has 0 radical (unpaired) electrons. The van der Waals surface area contributed by atoms with Gasteiger partial charge < -0.3 is 4.74 Å². The first-order chi connectivity index (χ1) is 10.1. The van der Waals surface area contributed by atoms with Crippen LogP contribution >= 0.6 is 0 Å². The van der Waals surface area contributed by atoms with Crippen LogP contribution in [0.25, 0.3) is 5.65 Å². The standard InChI is InChI=1S/C16H16N4O/c1-12-14-18-19-15(20(14)11-10-17-12)16(2,3)21-13-8-6-4-5-7-9-13/h4,6,8,10-11H,9H2,1-3H3. The first kappa shape index (κ1) is 13.4. The molecule has 2 aromatic heterocycles. The Morgan fingerprint density at radius 2 is 2.19 bits per heavy atom. The SMILES string of the molecule is Cc1nccn2c(C(C)(C)OC3=CC=CC#CC3)nnc12. The highest BCUT2D eigenvalue weighted by Gasteiger charge is 2.29. The van der Waals surface area contributed by atoms with Crippen molar-refractivity contribution in [2.75, 3.05) is 0 Å². The number of fused-ring (bicyclic) bond motifs is 1. The zero-order valence-corrected chi connectivity index (χ0v) is 12.3. The van der Waals surface area contributed by atoms with Crippen LogP contribution in [0.5, 0.6) is 0 Å². The second-order valence-corrected chi connectivity index (χ2v) is 5.33. The van der Waals surface area contributed by atoms with E-state index in [2.05, 4.69) is 27.0 Å². The van der Waals surface area contributed by atoms with E-state index in [0.717, 1.165) is 22.9 Å². The minimum absolute atomic E-state index is 0.591. The van der Waals surface area contributed by atoms with Crippen molar-refractivity contribution in [1.29, 1.82) is 0 Å². The lowest BCUT2D eigenvalue weighted by molar-refractivity contribution is 0.0210. The van der Waals surface area contributed by atoms with Gasteiger partial charge in [0.05, 0.1) is 12.1 Å². The molecule has 5 nitrogen and oxygen atoms in total. The van der Waals surface area contributed by atoms with Crippen molar-refractivity contribution < 1.29 is 4.74 Å². The van der Waals surface area contributed by atoms with Gasteiger partial charge in [-0.25, -0.2) is 0 Å². The Morgan fingerprint density at radius 3 is 3.05 bits per heavy atom. The minimum atomic E-state index is -0.612. The molecule has 1 aliphatic carbocycles. The molecule has 0 saturated carbocycles. The van der Waals surface area contributed by atoms with Gasteiger partial charge in [0.15, 0.2) is 17.1 Å². The molecule has 0 aromatic carbocycles. The highest BCUT2D eigenvalue weighted by atomic mass is 16.5. The molecule has 0 amide bonds. The molecule has 21 heavy (non-hydrogen) atoms. The van der Waals surface area contributed by atoms with Gasteiger partial charge >= 0.3 is 0 Å². The molecule has 2 aromatic rings. The average Bonchev–Trinajstić information content (AvgIpc) is 2.74. The second kappa shape index (κ2) is 5.06. The van der Waals surface area contributed by atoms with Gasteiger partial charge in [-0.05, 0) is 32.9 Å². The van der Waals surface area contributed by atoms with Crippen molar-refractivity contribution in [2.45, 2.75) is 32.8 Å². The summed E-state index contributed by atoms with van der Waals surface area (Å²) in [5.41, 5.74) is 0.979. The molecule has 106 valence electrons. The van der Waals surface area contributed by atoms with Gasteiger partial charge in [0, 0.05) is 12.4 Å². The van der Waals surface area contributed by atoms with E-state index in [1.807, 2.05) is 49.6 Å². The van der Waals surface area contributed by atoms with Gasteiger partial charge in [0.2, 0.25) is 0 Å². The summed E-state index contributed by atoms with van der Waals surface area (Å²) in [5, 5.41) is 8.49. The lowest BCUT2D eigenvalue weighted by atomic mass is 10.1. The van der Waals surface area contributed by atoms with Crippen molar-refractivity contribution >= 4 is 5.65 Å². The van der Waals surface area contributed by atoms with E-state index >= 15 is 0 Å². The zero-order valence-electron chi connectivity index (χ0n) is 12.3. The van der Waals surface area contributed by atoms with Crippen molar-refractivity contribution in [3.05, 3.63) is 47.9 Å². The third kappa shape index (κ3) is 2.52. The van der Waals surface area contributed by atoms with Crippen LogP contribution in [-0.4, -0.2) is 19.6 Å². The summed E-state index contributed by atoms with van der Waals surface area (Å²) in [5.74, 6) is 7.52. The van der Waals surface area contributed by atoms with Gasteiger partial charge in [0.1, 0.15) is 5.76 Å². The van der Waals surface area contributed by atoms with Crippen LogP contribution in [0, 0.1) is 18.8 Å². The van der Waals surface area contributed by atoms with Crippen LogP contribution in [0.4, 0.5) is 0 Å². The smallest absolute Gasteiger partial charge is 0.182 e. The number of aromatic nitrogens is 4. The monoisotopic (exact) mass is 280 g/mol. The van der Waals surface area contributed by atoms with Crippen molar-refractivity contribution in [1.82, 2.24) is 19.6 Å². The van der Waals surface area contributed by atoms with Crippen LogP contribution < -0.4 is 0 Å². The number of allylic oxidation sites excluding steroid dienone is 4. The van der Waals surface area contributed by atoms with Crippen LogP contribution in [0.15, 0.2) is 36.4 Å². The van der Waals surface area contributed by atoms with E-state index in [1.165, 1.54) is 0 Å². The van der Waals surface area contributed by atoms with Crippen LogP contribution in [0.1, 0.15) is 31.8 Å². The third-order valence-electron chi connectivity index (χ3n) is 3.25. The first-order valence-electron chi connectivity index (χ1n) is 6.78. The van der Waals surface area contributed by atoms with Gasteiger partial charge in [0.25, 0.3) is 0 Å². The summed E-state index contributed by atoms with van der Waals surface area (Å²) in [7, 11) is 0. The molecule has 1 aliphatic rings. The quantitative estimate of drug-likeness (QED) is 0.811. The highest BCUT2D eigenvalue weighted by molar-refractivity contribution is 5.42. The van der Waals surface area contributed by atoms with E-state index in [0.29, 0.717) is 6.42 Å². The molecule has 0 saturated heterocycles. The van der Waals surface area contributed by atoms with E-state index in [4.69, 9.17) is 4.74 Å². The molecular weight excluding hydrogens is 264 g/mol. The molecule has 5 heteroatoms. The van der Waals surface area contributed by atoms with E-state index in [9.17, 15) is 0 Å². The van der Waals surface area contributed by atoms with Gasteiger partial charge in [-0.15, -0.1) is 10.2 Å². The predicted molar refractivity (Wildman–Crippen MR) is 79.2 cm³/mol. The van der Waals surface area contributed by atoms with Crippen LogP contribution in [0.2, 0.25) is 0 Å². The number of nitrogens with zero attached hydrogens (tertiary/aromatic N) is 4. The first-order valence-corrected chi connectivity index (χ1v) is 6.78. The van der Waals surface area contributed by atoms with E-state index in [1.54, 1.807) is 6.20 Å². The predicted octanol–water partition coefficient (Wildman–Crippen LogP) is 2.53. The summed E-state index contributed by atoms with van der Waals surface area (Å²) in [6, 6.07) is 0. The average molecular weight is 280 g/mol. The molecule has 0 N–H and O–H groups in total. The Morgan fingerprint density at radius 1 is 1.33 bits per heavy atom. The Labute approximate surface area is 123 Å². The fourth-order valence-corrected chi connectivity index (χ4v) is 2.26. The minimum Gasteiger partial charge on any atom is -0.483 e. The Kier molecular flexibility index (Phi) is 3.22. The van der Waals surface area contributed by atoms with Gasteiger partial charge in [-0.1, -0.05) is 17.9 Å². The summed E-state index contributed by atoms with van der Waals surface area (Å²) < 4.78 is 8.03. The summed E-state index contributed by atoms with van der Waals surface area (Å²) in [6.07, 6.45) is 9.80. The Hall–Kier alpha value is -2.61. The summed E-state index contributed by atoms with van der Waals surface area (Å²) >= 11 is 0. The number of aryl methyl sites for hydroxylation is 1. The molecule has 0 atom stereocenters. The molecule has 0 spiro atoms. The maximum absolute atomic E-state index is 6.11. The number of ether oxygens (including phenoxy) is 1. The summed E-state index contributed by atoms with van der Waals surface area (Å²) in [4.78, 5) is 4.23. The molecular formula is C16H16N4O. The van der Waals surface area contributed by atoms with Gasteiger partial charge in [-0.2, -0.15) is 0 Å². The maximum Gasteiger partial charge on any atom is 0.182 e. The molecule has 0 unspecified atom stereocenters. The van der Waals surface area contributed by atoms with Crippen LogP contribution in [-0.2, 0) is 10.3 Å². The molecule has 0 fully saturated rings. The van der Waals surface area contributed by atoms with Crippen LogP contribution in [0.3, 0.4) is 0 Å². The number of rotatable bonds is 3. The van der Waals surface area contributed by atoms with Crippen molar-refractivity contribution in [3.63, 3.8) is 0 Å². The Balaban J connectivity index is 1.97. The highest BCUT2D eigenvalue weighted by Crippen LogP contribution is 2.28. The normalized spacial score (nSPS) is 14.3. The second-order valence-electron chi connectivity index (χ2n) is 5.33. The lowest BCUT2D eigenvalue weighted by Crippen LogP contribution is -2.24. The molecule has 0 bridgehead atoms. The van der Waals surface area contributed by atoms with Crippen molar-refractivity contribution in [3.8, 4) is 11.8 Å². The third-order valence-corrected chi connectivity index (χ3v) is 3.25. The number of hydrogen-bond donors (Lipinski definition) is 0. The topological polar surface area (TPSA) is 52.3 Å². The summed E-state index contributed by atoms with van der Waals surface area (Å²) in [6.45, 7) is 5.86. The number of hydrogen-bond acceptors (Lipinski definition) is 4. The molecule has 3 rings (SSSR count). The van der Waals surface area contributed by atoms with E-state index < -0.39 is 5.60 Å². The largest absolute Gasteiger partial charge is 0.483 e. The van der Waals surface area contributed by atoms with Gasteiger partial charge in [-0.3, -0.25) is 9.38 Å². The zero-order chi connectivity index (χ0) is 14.9. The molecule has 0 aliphatic heterocycles. The van der Waals surface area contributed by atoms with Crippen molar-refractivity contribution in [2.24, 2.45) is 0 Å². The fraction of sp³-hybridized carbons (Fsp3) is 0.312.